The predicted molar refractivity (Wildman–Crippen MR) is 107 cm³/mol. The standard InChI is InChI=1S/C16H22N4O7S2.Pd/c1-3-26-15(21)10-6-13-12(19-14(17)7-10)8-11(28-13)9-18-29(23,24)20-16(22)27-5-4-25-2;/h6,8,18H,3-5,7,9H2,1-2H3,(H3,17,19,20,21,22);/p-1. The van der Waals surface area contributed by atoms with Gasteiger partial charge in [0.15, 0.2) is 0 Å². The molecule has 0 saturated carbocycles. The molecule has 3 N–H and O–H groups in total. The SMILES string of the molecule is CCOC(=O)C1=Cc2sc(CNS(=O)(=O)NC(=O)OCCOC)cc2N=C([NH-])C1.[Pd]. The summed E-state index contributed by atoms with van der Waals surface area (Å²) in [5, 5.41) is 0. The molecule has 1 aromatic rings. The van der Waals surface area contributed by atoms with E-state index in [1.54, 1.807) is 23.8 Å². The Morgan fingerprint density at radius 1 is 1.30 bits per heavy atom. The van der Waals surface area contributed by atoms with Crippen LogP contribution in [0.1, 0.15) is 23.1 Å². The molecule has 30 heavy (non-hydrogen) atoms. The van der Waals surface area contributed by atoms with Crippen molar-refractivity contribution in [1.29, 1.82) is 0 Å². The first-order valence-corrected chi connectivity index (χ1v) is 10.8. The number of carbonyl (C=O) groups excluding carboxylic acids is 2. The number of fused-ring (bicyclic) bond motifs is 1. The summed E-state index contributed by atoms with van der Waals surface area (Å²) in [7, 11) is -2.72. The molecule has 14 heteroatoms. The van der Waals surface area contributed by atoms with Gasteiger partial charge in [0.05, 0.1) is 13.2 Å². The quantitative estimate of drug-likeness (QED) is 0.269. The molecular weight excluding hydrogens is 531 g/mol. The van der Waals surface area contributed by atoms with E-state index in [1.807, 2.05) is 0 Å². The van der Waals surface area contributed by atoms with E-state index in [2.05, 4.69) is 14.5 Å². The minimum atomic E-state index is -4.14. The minimum Gasteiger partial charge on any atom is -0.485 e. The molecule has 0 atom stereocenters. The topological polar surface area (TPSA) is 156 Å². The van der Waals surface area contributed by atoms with Crippen molar-refractivity contribution in [2.45, 2.75) is 19.9 Å². The molecule has 2 heterocycles. The van der Waals surface area contributed by atoms with Crippen LogP contribution in [0.15, 0.2) is 16.6 Å². The second-order valence-corrected chi connectivity index (χ2v) is 8.31. The Morgan fingerprint density at radius 3 is 2.70 bits per heavy atom. The van der Waals surface area contributed by atoms with Crippen molar-refractivity contribution < 1.29 is 52.6 Å². The first kappa shape index (κ1) is 26.2. The van der Waals surface area contributed by atoms with E-state index in [4.69, 9.17) is 15.2 Å². The van der Waals surface area contributed by atoms with Gasteiger partial charge in [0, 0.05) is 49.4 Å². The van der Waals surface area contributed by atoms with Crippen molar-refractivity contribution in [3.8, 4) is 0 Å². The zero-order chi connectivity index (χ0) is 21.4. The Hall–Kier alpha value is -1.82. The number of nitrogens with zero attached hydrogens (tertiary/aromatic N) is 1. The van der Waals surface area contributed by atoms with Crippen molar-refractivity contribution in [2.75, 3.05) is 26.9 Å². The third kappa shape index (κ3) is 8.13. The zero-order valence-electron chi connectivity index (χ0n) is 16.1. The molecule has 0 saturated heterocycles. The smallest absolute Gasteiger partial charge is 0.421 e. The van der Waals surface area contributed by atoms with E-state index in [-0.39, 0.29) is 59.0 Å². The third-order valence-electron chi connectivity index (χ3n) is 3.42. The van der Waals surface area contributed by atoms with E-state index < -0.39 is 22.3 Å². The van der Waals surface area contributed by atoms with Crippen LogP contribution in [0.5, 0.6) is 0 Å². The van der Waals surface area contributed by atoms with Gasteiger partial charge in [-0.2, -0.15) is 13.1 Å². The molecule has 1 amide bonds. The number of hydrogen-bond donors (Lipinski definition) is 2. The summed E-state index contributed by atoms with van der Waals surface area (Å²) >= 11 is 1.20. The number of hydrogen-bond acceptors (Lipinski definition) is 9. The molecular formula is C16H21N4O7PdS2-. The van der Waals surface area contributed by atoms with Gasteiger partial charge in [-0.1, -0.05) is 5.84 Å². The van der Waals surface area contributed by atoms with Crippen LogP contribution in [-0.4, -0.2) is 53.2 Å². The number of esters is 1. The van der Waals surface area contributed by atoms with Crippen LogP contribution in [0.4, 0.5) is 10.5 Å². The first-order valence-electron chi connectivity index (χ1n) is 8.46. The fourth-order valence-corrected chi connectivity index (χ4v) is 4.01. The average molecular weight is 552 g/mol. The number of carbonyl (C=O) groups is 2. The number of methoxy groups -OCH3 is 1. The summed E-state index contributed by atoms with van der Waals surface area (Å²) in [6.07, 6.45) is 0.519. The van der Waals surface area contributed by atoms with Crippen LogP contribution in [-0.2, 0) is 56.2 Å². The summed E-state index contributed by atoms with van der Waals surface area (Å²) < 4.78 is 42.1. The predicted octanol–water partition coefficient (Wildman–Crippen LogP) is 1.89. The van der Waals surface area contributed by atoms with Gasteiger partial charge in [-0.05, 0) is 31.2 Å². The molecule has 1 aliphatic heterocycles. The molecule has 0 aliphatic carbocycles. The molecule has 0 radical (unpaired) electrons. The largest absolute Gasteiger partial charge is 0.485 e. The molecule has 0 spiro atoms. The molecule has 1 aliphatic rings. The zero-order valence-corrected chi connectivity index (χ0v) is 19.3. The van der Waals surface area contributed by atoms with Crippen molar-refractivity contribution in [3.05, 3.63) is 27.1 Å². The molecule has 1 aromatic heterocycles. The van der Waals surface area contributed by atoms with Gasteiger partial charge in [0.1, 0.15) is 6.61 Å². The van der Waals surface area contributed by atoms with Gasteiger partial charge in [0.2, 0.25) is 0 Å². The Bertz CT molecular complexity index is 928. The summed E-state index contributed by atoms with van der Waals surface area (Å²) in [5.41, 5.74) is 8.64. The molecule has 11 nitrogen and oxygen atoms in total. The molecule has 0 unspecified atom stereocenters. The molecule has 0 aromatic carbocycles. The van der Waals surface area contributed by atoms with E-state index in [9.17, 15) is 18.0 Å². The fraction of sp³-hybridized carbons (Fsp3) is 0.438. The van der Waals surface area contributed by atoms with Crippen LogP contribution in [0.25, 0.3) is 11.8 Å². The van der Waals surface area contributed by atoms with Gasteiger partial charge in [-0.3, -0.25) is 0 Å². The first-order chi connectivity index (χ1) is 13.7. The molecule has 0 bridgehead atoms. The van der Waals surface area contributed by atoms with Crippen LogP contribution in [0.2, 0.25) is 0 Å². The van der Waals surface area contributed by atoms with Gasteiger partial charge in [-0.25, -0.2) is 14.3 Å². The van der Waals surface area contributed by atoms with E-state index in [0.29, 0.717) is 21.0 Å². The van der Waals surface area contributed by atoms with Crippen molar-refractivity contribution in [3.63, 3.8) is 0 Å². The van der Waals surface area contributed by atoms with Crippen LogP contribution in [0.3, 0.4) is 0 Å². The number of amidine groups is 1. The summed E-state index contributed by atoms with van der Waals surface area (Å²) in [6.45, 7) is 1.84. The number of thiophene rings is 1. The van der Waals surface area contributed by atoms with Gasteiger partial charge in [0.25, 0.3) is 0 Å². The summed E-state index contributed by atoms with van der Waals surface area (Å²) in [4.78, 5) is 28.8. The van der Waals surface area contributed by atoms with E-state index in [0.717, 1.165) is 0 Å². The monoisotopic (exact) mass is 551 g/mol. The van der Waals surface area contributed by atoms with Crippen LogP contribution in [0, 0.1) is 0 Å². The average Bonchev–Trinajstić information content (AvgIpc) is 2.93. The Balaban J connectivity index is 0.00000450. The maximum atomic E-state index is 12.0. The maximum absolute atomic E-state index is 12.0. The summed E-state index contributed by atoms with van der Waals surface area (Å²) in [5.74, 6) is -0.527. The molecule has 0 fully saturated rings. The number of nitrogens with one attached hydrogen (secondary N) is 3. The Kier molecular flexibility index (Phi) is 10.6. The summed E-state index contributed by atoms with van der Waals surface area (Å²) in [6, 6.07) is 1.61. The number of rotatable bonds is 9. The van der Waals surface area contributed by atoms with Gasteiger partial charge in [-0.15, -0.1) is 11.3 Å². The second kappa shape index (κ2) is 12.1. The number of ether oxygens (including phenoxy) is 3. The molecule has 170 valence electrons. The van der Waals surface area contributed by atoms with Crippen LogP contribution >= 0.6 is 11.3 Å². The van der Waals surface area contributed by atoms with Crippen molar-refractivity contribution in [1.82, 2.24) is 9.44 Å². The minimum absolute atomic E-state index is 0. The fourth-order valence-electron chi connectivity index (χ4n) is 2.21. The maximum Gasteiger partial charge on any atom is 0.421 e. The number of amides is 1. The second-order valence-electron chi connectivity index (χ2n) is 5.64. The van der Waals surface area contributed by atoms with E-state index >= 15 is 0 Å². The van der Waals surface area contributed by atoms with Crippen LogP contribution < -0.4 is 9.44 Å². The number of aliphatic imine (C=N–C) groups is 1. The normalized spacial score (nSPS) is 13.1. The van der Waals surface area contributed by atoms with Crippen molar-refractivity contribution in [2.24, 2.45) is 4.99 Å². The van der Waals surface area contributed by atoms with E-state index in [1.165, 1.54) is 18.4 Å². The van der Waals surface area contributed by atoms with Gasteiger partial charge >= 0.3 is 22.3 Å². The Labute approximate surface area is 191 Å². The van der Waals surface area contributed by atoms with Gasteiger partial charge < -0.3 is 24.9 Å². The third-order valence-corrected chi connectivity index (χ3v) is 5.45. The molecule has 2 rings (SSSR count). The Morgan fingerprint density at radius 2 is 2.03 bits per heavy atom. The van der Waals surface area contributed by atoms with Crippen molar-refractivity contribution >= 4 is 51.2 Å².